The smallest absolute Gasteiger partial charge is 0.270 e. The number of carbonyl (C=O) groups is 1. The van der Waals surface area contributed by atoms with Gasteiger partial charge in [0.15, 0.2) is 0 Å². The monoisotopic (exact) mass is 262 g/mol. The van der Waals surface area contributed by atoms with Crippen molar-refractivity contribution < 1.29 is 4.79 Å². The van der Waals surface area contributed by atoms with E-state index < -0.39 is 0 Å². The Hall–Kier alpha value is -1.33. The third-order valence-corrected chi connectivity index (χ3v) is 4.28. The summed E-state index contributed by atoms with van der Waals surface area (Å²) in [5, 5.41) is 3.38. The van der Waals surface area contributed by atoms with Crippen LogP contribution in [0.25, 0.3) is 0 Å². The van der Waals surface area contributed by atoms with Crippen LogP contribution in [0.4, 0.5) is 0 Å². The fraction of sp³-hybridized carbons (Fsp3) is 0.643. The van der Waals surface area contributed by atoms with Gasteiger partial charge in [-0.15, -0.1) is 0 Å². The van der Waals surface area contributed by atoms with Crippen molar-refractivity contribution in [2.24, 2.45) is 7.05 Å². The molecular formula is C14H22N4O. The van der Waals surface area contributed by atoms with Crippen LogP contribution in [-0.2, 0) is 7.05 Å². The largest absolute Gasteiger partial charge is 0.347 e. The van der Waals surface area contributed by atoms with Crippen LogP contribution in [0.5, 0.6) is 0 Å². The van der Waals surface area contributed by atoms with Gasteiger partial charge in [-0.05, 0) is 18.6 Å². The van der Waals surface area contributed by atoms with Crippen LogP contribution in [0.2, 0.25) is 0 Å². The Morgan fingerprint density at radius 3 is 2.79 bits per heavy atom. The molecule has 0 radical (unpaired) electrons. The van der Waals surface area contributed by atoms with Crippen LogP contribution in [0, 0.1) is 0 Å². The molecule has 104 valence electrons. The highest BCUT2D eigenvalue weighted by molar-refractivity contribution is 5.93. The van der Waals surface area contributed by atoms with Crippen molar-refractivity contribution in [1.29, 1.82) is 0 Å². The predicted octanol–water partition coefficient (Wildman–Crippen LogP) is 0.145. The molecule has 2 aliphatic rings. The second kappa shape index (κ2) is 5.35. The van der Waals surface area contributed by atoms with E-state index in [9.17, 15) is 4.79 Å². The van der Waals surface area contributed by atoms with Crippen molar-refractivity contribution in [3.63, 3.8) is 0 Å². The number of rotatable bonds is 2. The van der Waals surface area contributed by atoms with Crippen LogP contribution < -0.4 is 5.32 Å². The zero-order valence-electron chi connectivity index (χ0n) is 11.5. The van der Waals surface area contributed by atoms with Crippen molar-refractivity contribution in [3.8, 4) is 0 Å². The molecule has 1 unspecified atom stereocenters. The number of amides is 1. The van der Waals surface area contributed by atoms with Gasteiger partial charge >= 0.3 is 0 Å². The fourth-order valence-electron chi connectivity index (χ4n) is 3.12. The van der Waals surface area contributed by atoms with E-state index in [2.05, 4.69) is 10.2 Å². The molecule has 0 aliphatic carbocycles. The van der Waals surface area contributed by atoms with E-state index in [0.717, 1.165) is 51.4 Å². The summed E-state index contributed by atoms with van der Waals surface area (Å²) in [6, 6.07) is 4.38. The van der Waals surface area contributed by atoms with Crippen LogP contribution in [-0.4, -0.2) is 65.6 Å². The number of aryl methyl sites for hydroxylation is 1. The van der Waals surface area contributed by atoms with E-state index in [1.807, 2.05) is 34.8 Å². The molecule has 5 heteroatoms. The minimum Gasteiger partial charge on any atom is -0.347 e. The van der Waals surface area contributed by atoms with Gasteiger partial charge in [0.2, 0.25) is 0 Å². The summed E-state index contributed by atoms with van der Waals surface area (Å²) in [6.45, 7) is 6.13. The second-order valence-corrected chi connectivity index (χ2v) is 5.48. The highest BCUT2D eigenvalue weighted by Crippen LogP contribution is 2.18. The molecule has 3 heterocycles. The van der Waals surface area contributed by atoms with Gasteiger partial charge in [-0.3, -0.25) is 9.69 Å². The maximum atomic E-state index is 12.4. The number of hydrogen-bond donors (Lipinski definition) is 1. The summed E-state index contributed by atoms with van der Waals surface area (Å²) >= 11 is 0. The van der Waals surface area contributed by atoms with Crippen molar-refractivity contribution in [3.05, 3.63) is 24.0 Å². The van der Waals surface area contributed by atoms with Gasteiger partial charge < -0.3 is 14.8 Å². The number of piperazine rings is 1. The first-order valence-corrected chi connectivity index (χ1v) is 7.11. The quantitative estimate of drug-likeness (QED) is 0.824. The van der Waals surface area contributed by atoms with E-state index in [-0.39, 0.29) is 5.91 Å². The fourth-order valence-corrected chi connectivity index (χ4v) is 3.12. The number of nitrogens with one attached hydrogen (secondary N) is 1. The van der Waals surface area contributed by atoms with E-state index in [1.54, 1.807) is 0 Å². The molecule has 1 N–H and O–H groups in total. The molecule has 1 aromatic heterocycles. The van der Waals surface area contributed by atoms with Gasteiger partial charge in [-0.1, -0.05) is 0 Å². The summed E-state index contributed by atoms with van der Waals surface area (Å²) < 4.78 is 1.90. The Morgan fingerprint density at radius 2 is 2.11 bits per heavy atom. The lowest BCUT2D eigenvalue weighted by molar-refractivity contribution is 0.0764. The lowest BCUT2D eigenvalue weighted by Gasteiger charge is -2.32. The Bertz CT molecular complexity index is 450. The molecule has 2 fully saturated rings. The molecule has 0 spiro atoms. The average Bonchev–Trinajstić information content (AvgIpc) is 3.08. The first-order chi connectivity index (χ1) is 9.25. The zero-order valence-corrected chi connectivity index (χ0v) is 11.5. The minimum absolute atomic E-state index is 0.171. The highest BCUT2D eigenvalue weighted by atomic mass is 16.2. The van der Waals surface area contributed by atoms with Gasteiger partial charge in [-0.2, -0.15) is 0 Å². The molecule has 0 saturated carbocycles. The Labute approximate surface area is 114 Å². The van der Waals surface area contributed by atoms with E-state index in [0.29, 0.717) is 6.04 Å². The number of likely N-dealkylation sites (tertiary alicyclic amines) is 1. The SMILES string of the molecule is Cn1cccc1C(=O)N1CCC(N2CCNCC2)C1. The maximum Gasteiger partial charge on any atom is 0.270 e. The summed E-state index contributed by atoms with van der Waals surface area (Å²) in [5.41, 5.74) is 0.793. The molecule has 3 rings (SSSR count). The number of nitrogens with zero attached hydrogens (tertiary/aromatic N) is 3. The molecule has 5 nitrogen and oxygen atoms in total. The lowest BCUT2D eigenvalue weighted by Crippen LogP contribution is -2.49. The van der Waals surface area contributed by atoms with Crippen LogP contribution in [0.3, 0.4) is 0 Å². The molecule has 1 amide bonds. The second-order valence-electron chi connectivity index (χ2n) is 5.48. The molecular weight excluding hydrogens is 240 g/mol. The highest BCUT2D eigenvalue weighted by Gasteiger charge is 2.31. The van der Waals surface area contributed by atoms with Crippen molar-refractivity contribution in [1.82, 2.24) is 19.7 Å². The molecule has 0 bridgehead atoms. The Balaban J connectivity index is 1.62. The number of hydrogen-bond acceptors (Lipinski definition) is 3. The van der Waals surface area contributed by atoms with Gasteiger partial charge in [0.25, 0.3) is 5.91 Å². The Morgan fingerprint density at radius 1 is 1.32 bits per heavy atom. The van der Waals surface area contributed by atoms with Gasteiger partial charge in [0.05, 0.1) is 0 Å². The standard InChI is InChI=1S/C14H22N4O/c1-16-7-2-3-13(16)14(19)18-8-4-12(11-18)17-9-5-15-6-10-17/h2-3,7,12,15H,4-6,8-11H2,1H3. The molecule has 0 aromatic carbocycles. The number of carbonyl (C=O) groups excluding carboxylic acids is 1. The third-order valence-electron chi connectivity index (χ3n) is 4.28. The Kier molecular flexibility index (Phi) is 3.57. The summed E-state index contributed by atoms with van der Waals surface area (Å²) in [6.07, 6.45) is 3.03. The summed E-state index contributed by atoms with van der Waals surface area (Å²) in [4.78, 5) is 17.0. The van der Waals surface area contributed by atoms with Gasteiger partial charge in [0, 0.05) is 58.6 Å². The number of aromatic nitrogens is 1. The molecule has 2 aliphatic heterocycles. The van der Waals surface area contributed by atoms with Crippen molar-refractivity contribution in [2.45, 2.75) is 12.5 Å². The molecule has 1 atom stereocenters. The lowest BCUT2D eigenvalue weighted by atomic mass is 10.2. The van der Waals surface area contributed by atoms with E-state index in [4.69, 9.17) is 0 Å². The topological polar surface area (TPSA) is 40.5 Å². The first-order valence-electron chi connectivity index (χ1n) is 7.11. The summed E-state index contributed by atoms with van der Waals surface area (Å²) in [7, 11) is 1.93. The normalized spacial score (nSPS) is 24.9. The molecule has 19 heavy (non-hydrogen) atoms. The zero-order chi connectivity index (χ0) is 13.2. The van der Waals surface area contributed by atoms with Crippen molar-refractivity contribution in [2.75, 3.05) is 39.3 Å². The van der Waals surface area contributed by atoms with E-state index in [1.165, 1.54) is 0 Å². The van der Waals surface area contributed by atoms with Gasteiger partial charge in [-0.25, -0.2) is 0 Å². The van der Waals surface area contributed by atoms with Crippen LogP contribution in [0.1, 0.15) is 16.9 Å². The van der Waals surface area contributed by atoms with Crippen LogP contribution >= 0.6 is 0 Å². The van der Waals surface area contributed by atoms with Crippen LogP contribution in [0.15, 0.2) is 18.3 Å². The van der Waals surface area contributed by atoms with E-state index >= 15 is 0 Å². The van der Waals surface area contributed by atoms with Gasteiger partial charge in [0.1, 0.15) is 5.69 Å². The maximum absolute atomic E-state index is 12.4. The minimum atomic E-state index is 0.171. The average molecular weight is 262 g/mol. The first kappa shape index (κ1) is 12.7. The van der Waals surface area contributed by atoms with Crippen molar-refractivity contribution >= 4 is 5.91 Å². The predicted molar refractivity (Wildman–Crippen MR) is 74.2 cm³/mol. The third kappa shape index (κ3) is 2.53. The molecule has 1 aromatic rings. The molecule has 2 saturated heterocycles. The summed E-state index contributed by atoms with van der Waals surface area (Å²) in [5.74, 6) is 0.171.